The van der Waals surface area contributed by atoms with Crippen molar-refractivity contribution in [1.82, 2.24) is 20.1 Å². The van der Waals surface area contributed by atoms with Crippen molar-refractivity contribution in [3.05, 3.63) is 39.9 Å². The Labute approximate surface area is 138 Å². The predicted octanol–water partition coefficient (Wildman–Crippen LogP) is 2.70. The Balaban J connectivity index is 1.75. The molecule has 1 aromatic carbocycles. The van der Waals surface area contributed by atoms with Crippen molar-refractivity contribution in [3.8, 4) is 5.75 Å². The summed E-state index contributed by atoms with van der Waals surface area (Å²) in [5, 5.41) is 10.2. The summed E-state index contributed by atoms with van der Waals surface area (Å²) in [7, 11) is 0. The second kappa shape index (κ2) is 7.95. The van der Waals surface area contributed by atoms with E-state index in [9.17, 15) is 4.79 Å². The summed E-state index contributed by atoms with van der Waals surface area (Å²) in [6, 6.07) is 7.06. The van der Waals surface area contributed by atoms with Crippen LogP contribution in [0.5, 0.6) is 5.75 Å². The molecule has 2 N–H and O–H groups in total. The van der Waals surface area contributed by atoms with Crippen LogP contribution in [-0.2, 0) is 17.9 Å². The molecule has 2 rings (SSSR count). The second-order valence-corrected chi connectivity index (χ2v) is 5.34. The molecular formula is C14H17ClN4O2S. The lowest BCUT2D eigenvalue weighted by atomic mass is 10.3. The molecular weight excluding hydrogens is 324 g/mol. The third-order valence-corrected chi connectivity index (χ3v) is 3.54. The molecule has 0 bridgehead atoms. The lowest BCUT2D eigenvalue weighted by molar-refractivity contribution is -0.121. The SMILES string of the molecule is CCn1c(CNC(=O)CCOc2cccc(Cl)c2)n[nH]c1=S. The fourth-order valence-corrected chi connectivity index (χ4v) is 2.36. The molecule has 0 aliphatic heterocycles. The van der Waals surface area contributed by atoms with Crippen LogP contribution in [0.25, 0.3) is 0 Å². The molecule has 2 aromatic rings. The Kier molecular flexibility index (Phi) is 5.97. The number of rotatable bonds is 7. The first-order valence-electron chi connectivity index (χ1n) is 6.89. The standard InChI is InChI=1S/C14H17ClN4O2S/c1-2-19-12(17-18-14(19)22)9-16-13(20)6-7-21-11-5-3-4-10(15)8-11/h3-5,8H,2,6-7,9H2,1H3,(H,16,20)(H,18,22). The molecule has 6 nitrogen and oxygen atoms in total. The zero-order valence-corrected chi connectivity index (χ0v) is 13.7. The number of aromatic amines is 1. The number of nitrogens with zero attached hydrogens (tertiary/aromatic N) is 2. The topological polar surface area (TPSA) is 71.9 Å². The molecule has 0 aliphatic carbocycles. The van der Waals surface area contributed by atoms with E-state index in [4.69, 9.17) is 28.6 Å². The molecule has 0 fully saturated rings. The quantitative estimate of drug-likeness (QED) is 0.760. The molecule has 0 radical (unpaired) electrons. The van der Waals surface area contributed by atoms with Crippen molar-refractivity contribution < 1.29 is 9.53 Å². The Bertz CT molecular complexity index is 698. The summed E-state index contributed by atoms with van der Waals surface area (Å²) in [4.78, 5) is 11.8. The molecule has 0 atom stereocenters. The van der Waals surface area contributed by atoms with Crippen LogP contribution in [-0.4, -0.2) is 27.3 Å². The van der Waals surface area contributed by atoms with E-state index in [0.717, 1.165) is 0 Å². The minimum absolute atomic E-state index is 0.112. The number of amides is 1. The van der Waals surface area contributed by atoms with Gasteiger partial charge in [-0.15, -0.1) is 0 Å². The normalized spacial score (nSPS) is 10.5. The molecule has 22 heavy (non-hydrogen) atoms. The van der Waals surface area contributed by atoms with Crippen LogP contribution in [0.4, 0.5) is 0 Å². The number of halogens is 1. The summed E-state index contributed by atoms with van der Waals surface area (Å²) in [5.41, 5.74) is 0. The highest BCUT2D eigenvalue weighted by Gasteiger charge is 2.07. The zero-order valence-electron chi connectivity index (χ0n) is 12.1. The molecule has 0 saturated carbocycles. The van der Waals surface area contributed by atoms with Crippen molar-refractivity contribution in [2.45, 2.75) is 26.4 Å². The van der Waals surface area contributed by atoms with Gasteiger partial charge >= 0.3 is 0 Å². The van der Waals surface area contributed by atoms with Crippen LogP contribution in [0.2, 0.25) is 5.02 Å². The summed E-state index contributed by atoms with van der Waals surface area (Å²) in [6.45, 7) is 3.29. The largest absolute Gasteiger partial charge is 0.493 e. The van der Waals surface area contributed by atoms with Crippen molar-refractivity contribution in [3.63, 3.8) is 0 Å². The smallest absolute Gasteiger partial charge is 0.223 e. The fourth-order valence-electron chi connectivity index (χ4n) is 1.90. The first-order chi connectivity index (χ1) is 10.6. The lowest BCUT2D eigenvalue weighted by Gasteiger charge is -2.08. The van der Waals surface area contributed by atoms with Gasteiger partial charge in [-0.25, -0.2) is 0 Å². The fraction of sp³-hybridized carbons (Fsp3) is 0.357. The van der Waals surface area contributed by atoms with Crippen LogP contribution >= 0.6 is 23.8 Å². The minimum Gasteiger partial charge on any atom is -0.493 e. The van der Waals surface area contributed by atoms with Crippen LogP contribution in [0.15, 0.2) is 24.3 Å². The van der Waals surface area contributed by atoms with E-state index in [2.05, 4.69) is 15.5 Å². The van der Waals surface area contributed by atoms with Gasteiger partial charge in [0.25, 0.3) is 0 Å². The molecule has 1 heterocycles. The van der Waals surface area contributed by atoms with Gasteiger partial charge in [-0.1, -0.05) is 17.7 Å². The van der Waals surface area contributed by atoms with E-state index in [1.165, 1.54) is 0 Å². The number of aromatic nitrogens is 3. The summed E-state index contributed by atoms with van der Waals surface area (Å²) < 4.78 is 7.85. The number of hydrogen-bond acceptors (Lipinski definition) is 4. The summed E-state index contributed by atoms with van der Waals surface area (Å²) in [5.74, 6) is 1.24. The minimum atomic E-state index is -0.112. The van der Waals surface area contributed by atoms with Gasteiger partial charge in [0.2, 0.25) is 5.91 Å². The van der Waals surface area contributed by atoms with Crippen molar-refractivity contribution >= 4 is 29.7 Å². The lowest BCUT2D eigenvalue weighted by Crippen LogP contribution is -2.26. The maximum absolute atomic E-state index is 11.8. The number of H-pyrrole nitrogens is 1. The van der Waals surface area contributed by atoms with Gasteiger partial charge in [0, 0.05) is 11.6 Å². The van der Waals surface area contributed by atoms with Gasteiger partial charge in [-0.05, 0) is 37.3 Å². The maximum atomic E-state index is 11.8. The maximum Gasteiger partial charge on any atom is 0.223 e. The third kappa shape index (κ3) is 4.57. The Hall–Kier alpha value is -1.86. The number of carbonyl (C=O) groups excluding carboxylic acids is 1. The monoisotopic (exact) mass is 340 g/mol. The number of carbonyl (C=O) groups is 1. The number of benzene rings is 1. The van der Waals surface area contributed by atoms with Crippen LogP contribution in [0.1, 0.15) is 19.2 Å². The van der Waals surface area contributed by atoms with E-state index in [1.807, 2.05) is 11.5 Å². The van der Waals surface area contributed by atoms with Gasteiger partial charge in [-0.2, -0.15) is 5.10 Å². The summed E-state index contributed by atoms with van der Waals surface area (Å²) >= 11 is 10.9. The average Bonchev–Trinajstić information content (AvgIpc) is 2.85. The number of nitrogens with one attached hydrogen (secondary N) is 2. The Morgan fingerprint density at radius 2 is 2.36 bits per heavy atom. The third-order valence-electron chi connectivity index (χ3n) is 2.99. The van der Waals surface area contributed by atoms with Gasteiger partial charge in [0.1, 0.15) is 5.75 Å². The number of hydrogen-bond donors (Lipinski definition) is 2. The van der Waals surface area contributed by atoms with E-state index < -0.39 is 0 Å². The van der Waals surface area contributed by atoms with Gasteiger partial charge in [0.05, 0.1) is 19.6 Å². The molecule has 1 aromatic heterocycles. The first kappa shape index (κ1) is 16.5. The first-order valence-corrected chi connectivity index (χ1v) is 7.68. The molecule has 118 valence electrons. The van der Waals surface area contributed by atoms with Gasteiger partial charge < -0.3 is 14.6 Å². The molecule has 8 heteroatoms. The van der Waals surface area contributed by atoms with Crippen LogP contribution in [0.3, 0.4) is 0 Å². The molecule has 1 amide bonds. The molecule has 0 spiro atoms. The van der Waals surface area contributed by atoms with Crippen molar-refractivity contribution in [2.75, 3.05) is 6.61 Å². The molecule has 0 aliphatic rings. The predicted molar refractivity (Wildman–Crippen MR) is 86.5 cm³/mol. The average molecular weight is 341 g/mol. The van der Waals surface area contributed by atoms with Gasteiger partial charge in [0.15, 0.2) is 10.6 Å². The van der Waals surface area contributed by atoms with E-state index >= 15 is 0 Å². The molecule has 0 unspecified atom stereocenters. The van der Waals surface area contributed by atoms with E-state index in [1.54, 1.807) is 24.3 Å². The van der Waals surface area contributed by atoms with Crippen molar-refractivity contribution in [2.24, 2.45) is 0 Å². The van der Waals surface area contributed by atoms with Crippen LogP contribution < -0.4 is 10.1 Å². The summed E-state index contributed by atoms with van der Waals surface area (Å²) in [6.07, 6.45) is 0.254. The van der Waals surface area contributed by atoms with Crippen molar-refractivity contribution in [1.29, 1.82) is 0 Å². The number of ether oxygens (including phenoxy) is 1. The van der Waals surface area contributed by atoms with E-state index in [-0.39, 0.29) is 18.9 Å². The Morgan fingerprint density at radius 1 is 1.55 bits per heavy atom. The second-order valence-electron chi connectivity index (χ2n) is 4.52. The highest BCUT2D eigenvalue weighted by Crippen LogP contribution is 2.17. The molecule has 0 saturated heterocycles. The van der Waals surface area contributed by atoms with Crippen LogP contribution in [0, 0.1) is 4.77 Å². The van der Waals surface area contributed by atoms with E-state index in [0.29, 0.717) is 34.5 Å². The zero-order chi connectivity index (χ0) is 15.9. The highest BCUT2D eigenvalue weighted by atomic mass is 35.5. The highest BCUT2D eigenvalue weighted by molar-refractivity contribution is 7.71. The Morgan fingerprint density at radius 3 is 3.09 bits per heavy atom. The van der Waals surface area contributed by atoms with Gasteiger partial charge in [-0.3, -0.25) is 9.89 Å².